The normalized spacial score (nSPS) is 13.9. The van der Waals surface area contributed by atoms with Crippen LogP contribution in [-0.2, 0) is 35.5 Å². The summed E-state index contributed by atoms with van der Waals surface area (Å²) in [5.41, 5.74) is 6.91. The summed E-state index contributed by atoms with van der Waals surface area (Å²) in [4.78, 5) is 11.8. The Morgan fingerprint density at radius 1 is 0.582 bits per heavy atom. The zero-order valence-corrected chi connectivity index (χ0v) is 32.5. The van der Waals surface area contributed by atoms with Gasteiger partial charge in [0, 0.05) is 107 Å². The SMILES string of the molecule is CCN(CC)c1ccc2c(c1)N=C(c1ccc(C(F)(F)F)cc1)OC21c2ccc(N(CCOC)CCOC)cc2-c2cc(N(CCOC)CCOC)ccc21. The molecule has 12 heteroatoms. The Hall–Kier alpha value is -4.62. The number of alkyl halides is 3. The average molecular weight is 761 g/mol. The molecule has 1 spiro atoms. The van der Waals surface area contributed by atoms with Crippen molar-refractivity contribution in [1.29, 1.82) is 0 Å². The van der Waals surface area contributed by atoms with E-state index in [1.54, 1.807) is 28.4 Å². The van der Waals surface area contributed by atoms with Gasteiger partial charge in [0.2, 0.25) is 5.90 Å². The third-order valence-electron chi connectivity index (χ3n) is 10.5. The van der Waals surface area contributed by atoms with Gasteiger partial charge in [-0.1, -0.05) is 18.2 Å². The molecule has 2 aliphatic rings. The van der Waals surface area contributed by atoms with Gasteiger partial charge in [-0.15, -0.1) is 0 Å². The van der Waals surface area contributed by atoms with E-state index in [2.05, 4.69) is 83.1 Å². The minimum absolute atomic E-state index is 0.244. The maximum Gasteiger partial charge on any atom is 0.416 e. The van der Waals surface area contributed by atoms with Crippen LogP contribution in [0, 0.1) is 0 Å². The molecule has 1 aliphatic heterocycles. The Labute approximate surface area is 322 Å². The summed E-state index contributed by atoms with van der Waals surface area (Å²) in [5, 5.41) is 0. The van der Waals surface area contributed by atoms with Gasteiger partial charge in [0.1, 0.15) is 0 Å². The Bertz CT molecular complexity index is 1860. The Kier molecular flexibility index (Phi) is 12.7. The second-order valence-electron chi connectivity index (χ2n) is 13.6. The average Bonchev–Trinajstić information content (AvgIpc) is 3.46. The highest BCUT2D eigenvalue weighted by Crippen LogP contribution is 2.58. The first kappa shape index (κ1) is 40.1. The van der Waals surface area contributed by atoms with E-state index in [0.717, 1.165) is 70.1 Å². The van der Waals surface area contributed by atoms with Gasteiger partial charge >= 0.3 is 6.18 Å². The summed E-state index contributed by atoms with van der Waals surface area (Å²) < 4.78 is 70.1. The predicted octanol–water partition coefficient (Wildman–Crippen LogP) is 8.13. The van der Waals surface area contributed by atoms with Crippen molar-refractivity contribution >= 4 is 28.6 Å². The molecule has 0 radical (unpaired) electrons. The molecule has 0 saturated heterocycles. The van der Waals surface area contributed by atoms with E-state index in [1.807, 2.05) is 0 Å². The molecule has 0 saturated carbocycles. The third-order valence-corrected chi connectivity index (χ3v) is 10.5. The zero-order valence-electron chi connectivity index (χ0n) is 32.5. The smallest absolute Gasteiger partial charge is 0.416 e. The van der Waals surface area contributed by atoms with Crippen molar-refractivity contribution < 1.29 is 36.9 Å². The standard InChI is InChI=1S/C43H51F3N4O5/c1-7-48(8-2)34-15-18-39-40(29-34)47-41(30-9-11-31(12-10-30)43(44,45)46)55-42(39)37-16-13-32(49(19-23-51-3)20-24-52-4)27-35(37)36-28-33(14-17-38(36)42)50(21-25-53-5)22-26-54-6/h9-18,27-29H,7-8,19-26H2,1-6H3. The van der Waals surface area contributed by atoms with Crippen LogP contribution in [0.4, 0.5) is 35.9 Å². The Morgan fingerprint density at radius 2 is 1.02 bits per heavy atom. The van der Waals surface area contributed by atoms with Crippen LogP contribution in [0.1, 0.15) is 41.7 Å². The van der Waals surface area contributed by atoms with E-state index in [4.69, 9.17) is 28.7 Å². The molecule has 4 aromatic carbocycles. The van der Waals surface area contributed by atoms with E-state index < -0.39 is 17.3 Å². The Balaban J connectivity index is 1.60. The molecule has 9 nitrogen and oxygen atoms in total. The molecule has 0 aromatic heterocycles. The van der Waals surface area contributed by atoms with Crippen LogP contribution in [0.5, 0.6) is 0 Å². The fourth-order valence-electron chi connectivity index (χ4n) is 7.56. The molecule has 0 fully saturated rings. The van der Waals surface area contributed by atoms with Crippen LogP contribution in [0.2, 0.25) is 0 Å². The van der Waals surface area contributed by atoms with Crippen molar-refractivity contribution in [3.63, 3.8) is 0 Å². The quantitative estimate of drug-likeness (QED) is 0.101. The highest BCUT2D eigenvalue weighted by molar-refractivity contribution is 6.00. The number of hydrogen-bond acceptors (Lipinski definition) is 9. The molecule has 0 amide bonds. The molecule has 294 valence electrons. The van der Waals surface area contributed by atoms with Gasteiger partial charge in [0.15, 0.2) is 5.60 Å². The number of ether oxygens (including phenoxy) is 5. The molecule has 0 atom stereocenters. The summed E-state index contributed by atoms with van der Waals surface area (Å²) >= 11 is 0. The number of aliphatic imine (C=N–C) groups is 1. The predicted molar refractivity (Wildman–Crippen MR) is 212 cm³/mol. The van der Waals surface area contributed by atoms with Crippen LogP contribution >= 0.6 is 0 Å². The summed E-state index contributed by atoms with van der Waals surface area (Å²) in [6.07, 6.45) is -4.47. The fraction of sp³-hybridized carbons (Fsp3) is 0.419. The summed E-state index contributed by atoms with van der Waals surface area (Å²) in [7, 11) is 6.77. The number of anilines is 3. The van der Waals surface area contributed by atoms with E-state index in [9.17, 15) is 13.2 Å². The topological polar surface area (TPSA) is 68.2 Å². The first-order valence-corrected chi connectivity index (χ1v) is 18.7. The van der Waals surface area contributed by atoms with Crippen molar-refractivity contribution in [3.8, 4) is 11.1 Å². The number of rotatable bonds is 18. The van der Waals surface area contributed by atoms with Crippen molar-refractivity contribution in [1.82, 2.24) is 0 Å². The first-order chi connectivity index (χ1) is 26.6. The van der Waals surface area contributed by atoms with Gasteiger partial charge in [0.05, 0.1) is 37.7 Å². The summed E-state index contributed by atoms with van der Waals surface area (Å²) in [6.45, 7) is 10.6. The van der Waals surface area contributed by atoms with Gasteiger partial charge in [0.25, 0.3) is 0 Å². The number of fused-ring (bicyclic) bond motifs is 7. The Morgan fingerprint density at radius 3 is 1.44 bits per heavy atom. The van der Waals surface area contributed by atoms with Crippen LogP contribution in [0.3, 0.4) is 0 Å². The lowest BCUT2D eigenvalue weighted by atomic mass is 9.81. The highest BCUT2D eigenvalue weighted by atomic mass is 19.4. The number of benzene rings is 4. The maximum atomic E-state index is 13.7. The van der Waals surface area contributed by atoms with E-state index >= 15 is 0 Å². The first-order valence-electron chi connectivity index (χ1n) is 18.7. The van der Waals surface area contributed by atoms with Gasteiger partial charge in [-0.05, 0) is 85.6 Å². The fourth-order valence-corrected chi connectivity index (χ4v) is 7.56. The van der Waals surface area contributed by atoms with Crippen LogP contribution in [0.25, 0.3) is 11.1 Å². The molecule has 0 unspecified atom stereocenters. The second kappa shape index (κ2) is 17.5. The number of hydrogen-bond donors (Lipinski definition) is 0. The molecule has 55 heavy (non-hydrogen) atoms. The molecule has 1 aliphatic carbocycles. The molecule has 6 rings (SSSR count). The van der Waals surface area contributed by atoms with Crippen molar-refractivity contribution in [3.05, 3.63) is 107 Å². The highest BCUT2D eigenvalue weighted by Gasteiger charge is 2.51. The number of methoxy groups -OCH3 is 4. The maximum absolute atomic E-state index is 13.7. The lowest BCUT2D eigenvalue weighted by Crippen LogP contribution is -2.36. The third kappa shape index (κ3) is 8.05. The second-order valence-corrected chi connectivity index (χ2v) is 13.6. The summed E-state index contributed by atoms with van der Waals surface area (Å²) in [5.74, 6) is 0.244. The number of nitrogens with zero attached hydrogens (tertiary/aromatic N) is 4. The largest absolute Gasteiger partial charge is 0.456 e. The van der Waals surface area contributed by atoms with Crippen molar-refractivity contribution in [2.24, 2.45) is 4.99 Å². The van der Waals surface area contributed by atoms with Crippen LogP contribution in [0.15, 0.2) is 83.9 Å². The van der Waals surface area contributed by atoms with E-state index in [1.165, 1.54) is 12.1 Å². The minimum atomic E-state index is -4.47. The minimum Gasteiger partial charge on any atom is -0.456 e. The van der Waals surface area contributed by atoms with Gasteiger partial charge in [-0.2, -0.15) is 13.2 Å². The monoisotopic (exact) mass is 760 g/mol. The molecule has 4 aromatic rings. The molecular formula is C43H51F3N4O5. The molecule has 0 bridgehead atoms. The van der Waals surface area contributed by atoms with E-state index in [-0.39, 0.29) is 5.90 Å². The van der Waals surface area contributed by atoms with Crippen LogP contribution in [-0.4, -0.2) is 100 Å². The molecule has 1 heterocycles. The van der Waals surface area contributed by atoms with Crippen LogP contribution < -0.4 is 14.7 Å². The zero-order chi connectivity index (χ0) is 39.2. The van der Waals surface area contributed by atoms with Gasteiger partial charge < -0.3 is 38.4 Å². The van der Waals surface area contributed by atoms with Crippen molar-refractivity contribution in [2.75, 3.05) is 109 Å². The van der Waals surface area contributed by atoms with Gasteiger partial charge in [-0.25, -0.2) is 4.99 Å². The molecule has 0 N–H and O–H groups in total. The van der Waals surface area contributed by atoms with Gasteiger partial charge in [-0.3, -0.25) is 0 Å². The summed E-state index contributed by atoms with van der Waals surface area (Å²) in [6, 6.07) is 24.1. The van der Waals surface area contributed by atoms with Crippen molar-refractivity contribution in [2.45, 2.75) is 25.6 Å². The lowest BCUT2D eigenvalue weighted by molar-refractivity contribution is -0.137. The molecular weight excluding hydrogens is 709 g/mol. The van der Waals surface area contributed by atoms with E-state index in [0.29, 0.717) is 63.9 Å². The lowest BCUT2D eigenvalue weighted by Gasteiger charge is -2.38. The number of halogens is 3.